The molecule has 1 atom stereocenters. The van der Waals surface area contributed by atoms with E-state index in [9.17, 15) is 13.2 Å². The molecule has 8 heteroatoms. The molecule has 7 nitrogen and oxygen atoms in total. The Kier molecular flexibility index (Phi) is 4.93. The molecule has 2 N–H and O–H groups in total. The molecule has 0 aromatic carbocycles. The van der Waals surface area contributed by atoms with Crippen LogP contribution in [0, 0.1) is 19.8 Å². The second kappa shape index (κ2) is 5.92. The van der Waals surface area contributed by atoms with Crippen LogP contribution in [0.4, 0.5) is 0 Å². The monoisotopic (exact) mass is 303 g/mol. The Morgan fingerprint density at radius 1 is 1.40 bits per heavy atom. The largest absolute Gasteiger partial charge is 0.480 e. The van der Waals surface area contributed by atoms with E-state index >= 15 is 0 Å². The molecule has 1 aromatic rings. The van der Waals surface area contributed by atoms with Gasteiger partial charge in [-0.2, -0.15) is 9.82 Å². The fourth-order valence-electron chi connectivity index (χ4n) is 2.08. The number of aliphatic carboxylic acids is 1. The van der Waals surface area contributed by atoms with Crippen LogP contribution in [0.25, 0.3) is 0 Å². The second-order valence-electron chi connectivity index (χ2n) is 5.00. The van der Waals surface area contributed by atoms with E-state index in [-0.39, 0.29) is 10.8 Å². The van der Waals surface area contributed by atoms with Crippen LogP contribution in [-0.2, 0) is 21.4 Å². The van der Waals surface area contributed by atoms with Gasteiger partial charge < -0.3 is 5.11 Å². The highest BCUT2D eigenvalue weighted by Gasteiger charge is 2.31. The molecule has 0 aliphatic rings. The summed E-state index contributed by atoms with van der Waals surface area (Å²) >= 11 is 0. The predicted octanol–water partition coefficient (Wildman–Crippen LogP) is 0.907. The van der Waals surface area contributed by atoms with Crippen LogP contribution in [0.2, 0.25) is 0 Å². The van der Waals surface area contributed by atoms with Crippen LogP contribution in [0.1, 0.15) is 32.2 Å². The third-order valence-electron chi connectivity index (χ3n) is 3.10. The van der Waals surface area contributed by atoms with Crippen LogP contribution < -0.4 is 4.72 Å². The minimum atomic E-state index is -3.91. The standard InChI is InChI=1S/C12H21N3O4S/c1-6-15-9(5)11(8(4)13-15)20(18,19)14-10(7(2)3)12(16)17/h7,10,14H,6H2,1-5H3,(H,16,17). The normalized spacial score (nSPS) is 13.7. The van der Waals surface area contributed by atoms with Crippen molar-refractivity contribution < 1.29 is 18.3 Å². The lowest BCUT2D eigenvalue weighted by Crippen LogP contribution is -2.44. The van der Waals surface area contributed by atoms with Crippen LogP contribution >= 0.6 is 0 Å². The Labute approximate surface area is 119 Å². The van der Waals surface area contributed by atoms with E-state index in [4.69, 9.17) is 5.11 Å². The molecule has 1 rings (SSSR count). The average Bonchev–Trinajstić information content (AvgIpc) is 2.61. The summed E-state index contributed by atoms with van der Waals surface area (Å²) in [5, 5.41) is 13.2. The van der Waals surface area contributed by atoms with Crippen LogP contribution in [0.3, 0.4) is 0 Å². The van der Waals surface area contributed by atoms with Crippen molar-refractivity contribution in [2.45, 2.75) is 52.1 Å². The van der Waals surface area contributed by atoms with Gasteiger partial charge in [0.1, 0.15) is 10.9 Å². The van der Waals surface area contributed by atoms with E-state index < -0.39 is 22.0 Å². The smallest absolute Gasteiger partial charge is 0.322 e. The molecular weight excluding hydrogens is 282 g/mol. The van der Waals surface area contributed by atoms with Crippen molar-refractivity contribution in [1.82, 2.24) is 14.5 Å². The molecular formula is C12H21N3O4S. The maximum Gasteiger partial charge on any atom is 0.322 e. The van der Waals surface area contributed by atoms with Gasteiger partial charge in [-0.15, -0.1) is 0 Å². The first-order valence-corrected chi connectivity index (χ1v) is 7.89. The molecule has 0 saturated carbocycles. The topological polar surface area (TPSA) is 101 Å². The predicted molar refractivity (Wildman–Crippen MR) is 74.0 cm³/mol. The van der Waals surface area contributed by atoms with Crippen molar-refractivity contribution in [3.8, 4) is 0 Å². The van der Waals surface area contributed by atoms with Gasteiger partial charge in [-0.1, -0.05) is 13.8 Å². The summed E-state index contributed by atoms with van der Waals surface area (Å²) in [5.41, 5.74) is 0.870. The van der Waals surface area contributed by atoms with Gasteiger partial charge in [0, 0.05) is 6.54 Å². The molecule has 114 valence electrons. The maximum absolute atomic E-state index is 12.4. The van der Waals surface area contributed by atoms with E-state index in [2.05, 4.69) is 9.82 Å². The lowest BCUT2D eigenvalue weighted by Gasteiger charge is -2.18. The number of aromatic nitrogens is 2. The fraction of sp³-hybridized carbons (Fsp3) is 0.667. The zero-order valence-electron chi connectivity index (χ0n) is 12.3. The summed E-state index contributed by atoms with van der Waals surface area (Å²) in [6.45, 7) is 8.96. The van der Waals surface area contributed by atoms with E-state index in [1.807, 2.05) is 6.92 Å². The van der Waals surface area contributed by atoms with Gasteiger partial charge in [0.05, 0.1) is 11.4 Å². The first-order chi connectivity index (χ1) is 9.11. The summed E-state index contributed by atoms with van der Waals surface area (Å²) in [4.78, 5) is 11.2. The van der Waals surface area contributed by atoms with Gasteiger partial charge in [0.2, 0.25) is 10.0 Å². The zero-order valence-corrected chi connectivity index (χ0v) is 13.2. The number of carboxylic acid groups (broad SMARTS) is 1. The molecule has 1 aromatic heterocycles. The van der Waals surface area contributed by atoms with Crippen LogP contribution in [-0.4, -0.2) is 35.3 Å². The van der Waals surface area contributed by atoms with Crippen molar-refractivity contribution in [2.75, 3.05) is 0 Å². The third-order valence-corrected chi connectivity index (χ3v) is 4.79. The third kappa shape index (κ3) is 3.18. The van der Waals surface area contributed by atoms with Crippen LogP contribution in [0.5, 0.6) is 0 Å². The highest BCUT2D eigenvalue weighted by Crippen LogP contribution is 2.20. The van der Waals surface area contributed by atoms with E-state index in [0.717, 1.165) is 0 Å². The number of hydrogen-bond donors (Lipinski definition) is 2. The first-order valence-electron chi connectivity index (χ1n) is 6.41. The number of nitrogens with zero attached hydrogens (tertiary/aromatic N) is 2. The summed E-state index contributed by atoms with van der Waals surface area (Å²) in [5.74, 6) is -1.55. The lowest BCUT2D eigenvalue weighted by molar-refractivity contribution is -0.140. The van der Waals surface area contributed by atoms with E-state index in [1.54, 1.807) is 32.4 Å². The number of rotatable bonds is 6. The van der Waals surface area contributed by atoms with Crippen molar-refractivity contribution in [3.63, 3.8) is 0 Å². The molecule has 0 fully saturated rings. The molecule has 0 radical (unpaired) electrons. The SMILES string of the molecule is CCn1nc(C)c(S(=O)(=O)NC(C(=O)O)C(C)C)c1C. The molecule has 0 aliphatic heterocycles. The minimum absolute atomic E-state index is 0.0613. The minimum Gasteiger partial charge on any atom is -0.480 e. The Morgan fingerprint density at radius 3 is 2.30 bits per heavy atom. The fourth-order valence-corrected chi connectivity index (χ4v) is 3.82. The Bertz CT molecular complexity index is 604. The Balaban J connectivity index is 3.24. The first kappa shape index (κ1) is 16.6. The van der Waals surface area contributed by atoms with Crippen molar-refractivity contribution in [1.29, 1.82) is 0 Å². The number of aryl methyl sites for hydroxylation is 2. The van der Waals surface area contributed by atoms with Gasteiger partial charge in [-0.3, -0.25) is 9.48 Å². The highest BCUT2D eigenvalue weighted by atomic mass is 32.2. The number of sulfonamides is 1. The van der Waals surface area contributed by atoms with E-state index in [1.165, 1.54) is 0 Å². The van der Waals surface area contributed by atoms with Crippen molar-refractivity contribution in [3.05, 3.63) is 11.4 Å². The number of nitrogens with one attached hydrogen (secondary N) is 1. The maximum atomic E-state index is 12.4. The summed E-state index contributed by atoms with van der Waals surface area (Å²) in [6, 6.07) is -1.16. The molecule has 0 spiro atoms. The molecule has 0 bridgehead atoms. The van der Waals surface area contributed by atoms with Gasteiger partial charge in [0.15, 0.2) is 0 Å². The summed E-state index contributed by atoms with van der Waals surface area (Å²) in [6.07, 6.45) is 0. The lowest BCUT2D eigenvalue weighted by atomic mass is 10.1. The number of carbonyl (C=O) groups is 1. The number of carboxylic acids is 1. The van der Waals surface area contributed by atoms with Gasteiger partial charge in [0.25, 0.3) is 0 Å². The molecule has 1 unspecified atom stereocenters. The molecule has 20 heavy (non-hydrogen) atoms. The zero-order chi connectivity index (χ0) is 15.7. The van der Waals surface area contributed by atoms with Crippen molar-refractivity contribution >= 4 is 16.0 Å². The second-order valence-corrected chi connectivity index (χ2v) is 6.65. The van der Waals surface area contributed by atoms with Gasteiger partial charge in [-0.25, -0.2) is 8.42 Å². The summed E-state index contributed by atoms with van der Waals surface area (Å²) < 4.78 is 28.6. The Morgan fingerprint density at radius 2 is 1.95 bits per heavy atom. The molecule has 1 heterocycles. The average molecular weight is 303 g/mol. The highest BCUT2D eigenvalue weighted by molar-refractivity contribution is 7.89. The number of hydrogen-bond acceptors (Lipinski definition) is 4. The molecule has 0 saturated heterocycles. The van der Waals surface area contributed by atoms with E-state index in [0.29, 0.717) is 17.9 Å². The molecule has 0 aliphatic carbocycles. The quantitative estimate of drug-likeness (QED) is 0.813. The Hall–Kier alpha value is -1.41. The van der Waals surface area contributed by atoms with Gasteiger partial charge >= 0.3 is 5.97 Å². The van der Waals surface area contributed by atoms with Gasteiger partial charge in [-0.05, 0) is 26.7 Å². The summed E-state index contributed by atoms with van der Waals surface area (Å²) in [7, 11) is -3.91. The van der Waals surface area contributed by atoms with Crippen LogP contribution in [0.15, 0.2) is 4.90 Å². The van der Waals surface area contributed by atoms with Crippen molar-refractivity contribution in [2.24, 2.45) is 5.92 Å². The molecule has 0 amide bonds.